The standard InChI is InChI=1S/C15H14N2O6S.Na/c1-23-7-9-8-24(21,22)14-11(6-10-4-2-3-5-16-10)13(18)17(14)12(9)15(19)20;/h2-6,14H,7-8H2,1H3,(H,19,20);/q;+1/p-1/b11-6-;/t14-;/m1./s1. The van der Waals surface area contributed by atoms with Gasteiger partial charge in [-0.3, -0.25) is 14.7 Å². The number of β-lactam (4-membered cyclic amide) rings is 1. The molecule has 1 saturated heterocycles. The third-order valence-corrected chi connectivity index (χ3v) is 5.66. The smallest absolute Gasteiger partial charge is 0.543 e. The average molecular weight is 372 g/mol. The summed E-state index contributed by atoms with van der Waals surface area (Å²) in [6.07, 6.45) is 2.86. The van der Waals surface area contributed by atoms with Gasteiger partial charge in [-0.1, -0.05) is 6.07 Å². The average Bonchev–Trinajstić information content (AvgIpc) is 2.52. The van der Waals surface area contributed by atoms with Crippen LogP contribution in [0.2, 0.25) is 0 Å². The molecule has 0 N–H and O–H groups in total. The minimum atomic E-state index is -3.78. The number of carboxylic acid groups (broad SMARTS) is 1. The molecule has 0 unspecified atom stereocenters. The maximum absolute atomic E-state index is 12.5. The molecule has 126 valence electrons. The van der Waals surface area contributed by atoms with E-state index in [0.717, 1.165) is 4.90 Å². The van der Waals surface area contributed by atoms with Gasteiger partial charge in [0.05, 0.1) is 35.3 Å². The molecule has 3 rings (SSSR count). The summed E-state index contributed by atoms with van der Waals surface area (Å²) >= 11 is 0. The van der Waals surface area contributed by atoms with Gasteiger partial charge in [-0.2, -0.15) is 0 Å². The molecule has 3 heterocycles. The first-order valence-electron chi connectivity index (χ1n) is 6.97. The second-order valence-corrected chi connectivity index (χ2v) is 7.42. The van der Waals surface area contributed by atoms with Crippen LogP contribution in [0.4, 0.5) is 0 Å². The minimum absolute atomic E-state index is 0. The summed E-state index contributed by atoms with van der Waals surface area (Å²) in [5.74, 6) is -2.80. The molecule has 1 atom stereocenters. The van der Waals surface area contributed by atoms with E-state index >= 15 is 0 Å². The molecule has 2 aliphatic heterocycles. The van der Waals surface area contributed by atoms with Crippen molar-refractivity contribution >= 4 is 27.8 Å². The predicted molar refractivity (Wildman–Crippen MR) is 80.5 cm³/mol. The van der Waals surface area contributed by atoms with Gasteiger partial charge < -0.3 is 14.6 Å². The molecule has 0 spiro atoms. The van der Waals surface area contributed by atoms with Crippen LogP contribution in [0.3, 0.4) is 0 Å². The fourth-order valence-corrected chi connectivity index (χ4v) is 4.78. The van der Waals surface area contributed by atoms with Gasteiger partial charge in [0.2, 0.25) is 0 Å². The molecule has 0 aliphatic carbocycles. The number of hydrogen-bond acceptors (Lipinski definition) is 7. The summed E-state index contributed by atoms with van der Waals surface area (Å²) in [7, 11) is -2.48. The van der Waals surface area contributed by atoms with E-state index in [9.17, 15) is 23.1 Å². The normalized spacial score (nSPS) is 22.9. The Hall–Kier alpha value is -1.52. The van der Waals surface area contributed by atoms with Gasteiger partial charge in [-0.25, -0.2) is 8.42 Å². The predicted octanol–water partition coefficient (Wildman–Crippen LogP) is -4.28. The zero-order chi connectivity index (χ0) is 17.5. The molecule has 0 saturated carbocycles. The quantitative estimate of drug-likeness (QED) is 0.298. The number of carboxylic acids is 1. The number of aromatic nitrogens is 1. The van der Waals surface area contributed by atoms with Crippen LogP contribution >= 0.6 is 0 Å². The van der Waals surface area contributed by atoms with Crippen LogP contribution in [-0.2, 0) is 24.2 Å². The van der Waals surface area contributed by atoms with Crippen LogP contribution in [0, 0.1) is 0 Å². The van der Waals surface area contributed by atoms with E-state index in [-0.39, 0.29) is 47.3 Å². The Morgan fingerprint density at radius 1 is 1.48 bits per heavy atom. The maximum atomic E-state index is 12.5. The van der Waals surface area contributed by atoms with Crippen LogP contribution in [0.15, 0.2) is 41.2 Å². The van der Waals surface area contributed by atoms with Crippen molar-refractivity contribution < 1.29 is 57.4 Å². The number of pyridine rings is 1. The molecule has 1 fully saturated rings. The van der Waals surface area contributed by atoms with Gasteiger partial charge in [0.15, 0.2) is 15.2 Å². The first-order chi connectivity index (χ1) is 11.4. The molecule has 0 radical (unpaired) electrons. The topological polar surface area (TPSA) is 117 Å². The van der Waals surface area contributed by atoms with E-state index in [4.69, 9.17) is 4.74 Å². The summed E-state index contributed by atoms with van der Waals surface area (Å²) < 4.78 is 29.8. The number of methoxy groups -OCH3 is 1. The number of sulfone groups is 1. The van der Waals surface area contributed by atoms with Crippen molar-refractivity contribution in [2.24, 2.45) is 0 Å². The molecular weight excluding hydrogens is 359 g/mol. The van der Waals surface area contributed by atoms with Crippen LogP contribution in [0.1, 0.15) is 5.69 Å². The van der Waals surface area contributed by atoms with Crippen molar-refractivity contribution in [3.8, 4) is 0 Å². The number of fused-ring (bicyclic) bond motifs is 1. The molecule has 8 nitrogen and oxygen atoms in total. The van der Waals surface area contributed by atoms with Gasteiger partial charge in [0, 0.05) is 13.3 Å². The number of rotatable bonds is 4. The minimum Gasteiger partial charge on any atom is -0.543 e. The summed E-state index contributed by atoms with van der Waals surface area (Å²) in [4.78, 5) is 28.5. The number of amides is 1. The van der Waals surface area contributed by atoms with Gasteiger partial charge in [-0.05, 0) is 23.8 Å². The van der Waals surface area contributed by atoms with Crippen molar-refractivity contribution in [2.75, 3.05) is 19.5 Å². The van der Waals surface area contributed by atoms with Crippen molar-refractivity contribution in [1.82, 2.24) is 9.88 Å². The van der Waals surface area contributed by atoms with Gasteiger partial charge in [0.1, 0.15) is 0 Å². The van der Waals surface area contributed by atoms with Crippen molar-refractivity contribution in [3.05, 3.63) is 46.9 Å². The van der Waals surface area contributed by atoms with Gasteiger partial charge >= 0.3 is 29.6 Å². The van der Waals surface area contributed by atoms with Crippen LogP contribution in [0.5, 0.6) is 0 Å². The zero-order valence-corrected chi connectivity index (χ0v) is 16.4. The molecule has 1 amide bonds. The number of nitrogens with zero attached hydrogens (tertiary/aromatic N) is 2. The van der Waals surface area contributed by atoms with Gasteiger partial charge in [-0.15, -0.1) is 0 Å². The molecule has 1 aromatic rings. The summed E-state index contributed by atoms with van der Waals surface area (Å²) in [5, 5.41) is 10.1. The first kappa shape index (κ1) is 19.8. The Labute approximate surface area is 166 Å². The van der Waals surface area contributed by atoms with E-state index in [1.807, 2.05) is 0 Å². The van der Waals surface area contributed by atoms with Crippen molar-refractivity contribution in [3.63, 3.8) is 0 Å². The zero-order valence-electron chi connectivity index (χ0n) is 13.6. The number of ether oxygens (including phenoxy) is 1. The Balaban J connectivity index is 0.00000225. The second-order valence-electron chi connectivity index (χ2n) is 5.36. The summed E-state index contributed by atoms with van der Waals surface area (Å²) in [6, 6.07) is 4.99. The van der Waals surface area contributed by atoms with Crippen molar-refractivity contribution in [1.29, 1.82) is 0 Å². The number of carbonyl (C=O) groups excluding carboxylic acids is 2. The fraction of sp³-hybridized carbons (Fsp3) is 0.267. The molecule has 0 aromatic carbocycles. The van der Waals surface area contributed by atoms with E-state index in [1.165, 1.54) is 19.4 Å². The van der Waals surface area contributed by atoms with E-state index in [2.05, 4.69) is 4.98 Å². The van der Waals surface area contributed by atoms with E-state index in [1.54, 1.807) is 18.2 Å². The molecule has 2 aliphatic rings. The number of carbonyl (C=O) groups is 2. The Bertz CT molecular complexity index is 879. The second kappa shape index (κ2) is 7.38. The van der Waals surface area contributed by atoms with Crippen molar-refractivity contribution in [2.45, 2.75) is 5.37 Å². The Morgan fingerprint density at radius 2 is 2.20 bits per heavy atom. The van der Waals surface area contributed by atoms with Crippen LogP contribution < -0.4 is 34.7 Å². The van der Waals surface area contributed by atoms with E-state index in [0.29, 0.717) is 5.69 Å². The summed E-state index contributed by atoms with van der Waals surface area (Å²) in [6.45, 7) is -0.210. The maximum Gasteiger partial charge on any atom is 1.00 e. The Kier molecular flexibility index (Phi) is 5.85. The molecule has 0 bridgehead atoms. The molecule has 10 heteroatoms. The first-order valence-corrected chi connectivity index (χ1v) is 8.68. The third kappa shape index (κ3) is 3.42. The SMILES string of the molecule is COCC1=C(C(=O)[O-])N2C(=O)/C(=C/c3ccccn3)[C@H]2S(=O)(=O)C1.[Na+]. The molecule has 25 heavy (non-hydrogen) atoms. The van der Waals surface area contributed by atoms with E-state index < -0.39 is 38.5 Å². The third-order valence-electron chi connectivity index (χ3n) is 3.76. The number of hydrogen-bond donors (Lipinski definition) is 0. The molecular formula is C15H13N2NaO6S. The monoisotopic (exact) mass is 372 g/mol. The fourth-order valence-electron chi connectivity index (χ4n) is 2.84. The summed E-state index contributed by atoms with van der Waals surface area (Å²) in [5.41, 5.74) is -0.0277. The largest absolute Gasteiger partial charge is 1.00 e. The number of aliphatic carboxylic acids is 1. The van der Waals surface area contributed by atoms with Crippen LogP contribution in [0.25, 0.3) is 6.08 Å². The van der Waals surface area contributed by atoms with Gasteiger partial charge in [0.25, 0.3) is 5.91 Å². The van der Waals surface area contributed by atoms with Crippen LogP contribution in [-0.4, -0.2) is 55.0 Å². The molecule has 1 aromatic heterocycles. The Morgan fingerprint density at radius 3 is 2.76 bits per heavy atom.